The van der Waals surface area contributed by atoms with Gasteiger partial charge in [0, 0.05) is 6.04 Å². The topological polar surface area (TPSA) is 67.4 Å². The van der Waals surface area contributed by atoms with E-state index < -0.39 is 0 Å². The molecule has 0 spiro atoms. The second-order valence-corrected chi connectivity index (χ2v) is 4.27. The van der Waals surface area contributed by atoms with Crippen LogP contribution in [0.4, 0.5) is 5.69 Å². The second-order valence-electron chi connectivity index (χ2n) is 4.27. The van der Waals surface area contributed by atoms with E-state index in [-0.39, 0.29) is 18.4 Å². The molecule has 5 nitrogen and oxygen atoms in total. The van der Waals surface area contributed by atoms with Crippen molar-refractivity contribution in [3.05, 3.63) is 23.8 Å². The van der Waals surface area contributed by atoms with Crippen LogP contribution in [0, 0.1) is 0 Å². The standard InChI is InChI=1S/C12H12N2O3/c15-10-6-17-11-8(2-1-3-9(11)14-10)12(16)13-7-4-5-7/h1-3,7H,4-6H2,(H,13,16)(H,14,15). The first-order chi connectivity index (χ1) is 8.24. The lowest BCUT2D eigenvalue weighted by atomic mass is 10.1. The molecule has 1 saturated carbocycles. The Morgan fingerprint density at radius 2 is 2.24 bits per heavy atom. The number of para-hydroxylation sites is 1. The van der Waals surface area contributed by atoms with E-state index in [0.717, 1.165) is 12.8 Å². The van der Waals surface area contributed by atoms with E-state index >= 15 is 0 Å². The highest BCUT2D eigenvalue weighted by Crippen LogP contribution is 2.32. The summed E-state index contributed by atoms with van der Waals surface area (Å²) in [6.45, 7) is -0.0410. The maximum atomic E-state index is 11.9. The molecule has 2 amide bonds. The largest absolute Gasteiger partial charge is 0.481 e. The van der Waals surface area contributed by atoms with E-state index in [1.54, 1.807) is 18.2 Å². The van der Waals surface area contributed by atoms with Crippen LogP contribution in [0.3, 0.4) is 0 Å². The average molecular weight is 232 g/mol. The molecular weight excluding hydrogens is 220 g/mol. The van der Waals surface area contributed by atoms with Crippen molar-refractivity contribution in [2.75, 3.05) is 11.9 Å². The maximum absolute atomic E-state index is 11.9. The van der Waals surface area contributed by atoms with Crippen molar-refractivity contribution in [3.63, 3.8) is 0 Å². The first-order valence-corrected chi connectivity index (χ1v) is 5.60. The van der Waals surface area contributed by atoms with Gasteiger partial charge in [0.15, 0.2) is 12.4 Å². The summed E-state index contributed by atoms with van der Waals surface area (Å²) in [4.78, 5) is 23.1. The van der Waals surface area contributed by atoms with Crippen molar-refractivity contribution in [2.24, 2.45) is 0 Å². The van der Waals surface area contributed by atoms with Crippen LogP contribution < -0.4 is 15.4 Å². The number of carbonyl (C=O) groups is 2. The highest BCUT2D eigenvalue weighted by molar-refractivity contribution is 6.03. The summed E-state index contributed by atoms with van der Waals surface area (Å²) in [5, 5.41) is 5.58. The molecule has 0 atom stereocenters. The minimum atomic E-state index is -0.197. The fraction of sp³-hybridized carbons (Fsp3) is 0.333. The van der Waals surface area contributed by atoms with Crippen molar-refractivity contribution in [3.8, 4) is 5.75 Å². The van der Waals surface area contributed by atoms with Crippen LogP contribution in [0.25, 0.3) is 0 Å². The Balaban J connectivity index is 1.91. The van der Waals surface area contributed by atoms with Gasteiger partial charge in [0.1, 0.15) is 0 Å². The van der Waals surface area contributed by atoms with Crippen LogP contribution in [-0.4, -0.2) is 24.5 Å². The number of nitrogens with one attached hydrogen (secondary N) is 2. The van der Waals surface area contributed by atoms with Gasteiger partial charge in [-0.25, -0.2) is 0 Å². The predicted molar refractivity (Wildman–Crippen MR) is 61.1 cm³/mol. The van der Waals surface area contributed by atoms with E-state index in [4.69, 9.17) is 4.74 Å². The van der Waals surface area contributed by atoms with Crippen molar-refractivity contribution in [1.29, 1.82) is 0 Å². The van der Waals surface area contributed by atoms with Gasteiger partial charge in [-0.2, -0.15) is 0 Å². The molecule has 0 aromatic heterocycles. The molecule has 1 heterocycles. The smallest absolute Gasteiger partial charge is 0.262 e. The molecule has 1 aliphatic carbocycles. The summed E-state index contributed by atoms with van der Waals surface area (Å²) < 4.78 is 5.32. The van der Waals surface area contributed by atoms with Gasteiger partial charge >= 0.3 is 0 Å². The Labute approximate surface area is 98.1 Å². The summed E-state index contributed by atoms with van der Waals surface area (Å²) in [5.74, 6) is 0.128. The highest BCUT2D eigenvalue weighted by atomic mass is 16.5. The molecule has 0 radical (unpaired) electrons. The van der Waals surface area contributed by atoms with Crippen LogP contribution in [0.15, 0.2) is 18.2 Å². The summed E-state index contributed by atoms with van der Waals surface area (Å²) in [5.41, 5.74) is 1.04. The lowest BCUT2D eigenvalue weighted by molar-refractivity contribution is -0.118. The fourth-order valence-electron chi connectivity index (χ4n) is 1.78. The molecule has 1 fully saturated rings. The summed E-state index contributed by atoms with van der Waals surface area (Å²) >= 11 is 0. The Morgan fingerprint density at radius 1 is 1.41 bits per heavy atom. The van der Waals surface area contributed by atoms with Gasteiger partial charge in [-0.3, -0.25) is 9.59 Å². The van der Waals surface area contributed by atoms with Gasteiger partial charge in [0.25, 0.3) is 11.8 Å². The predicted octanol–water partition coefficient (Wildman–Crippen LogP) is 0.910. The number of carbonyl (C=O) groups excluding carboxylic acids is 2. The molecule has 1 aliphatic heterocycles. The molecule has 0 unspecified atom stereocenters. The minimum Gasteiger partial charge on any atom is -0.481 e. The second kappa shape index (κ2) is 3.76. The molecule has 1 aromatic rings. The third-order valence-corrected chi connectivity index (χ3v) is 2.79. The third kappa shape index (κ3) is 1.95. The van der Waals surface area contributed by atoms with Gasteiger partial charge in [-0.1, -0.05) is 6.07 Å². The van der Waals surface area contributed by atoms with Gasteiger partial charge in [0.2, 0.25) is 0 Å². The molecular formula is C12H12N2O3. The zero-order chi connectivity index (χ0) is 11.8. The quantitative estimate of drug-likeness (QED) is 0.796. The van der Waals surface area contributed by atoms with Crippen LogP contribution in [-0.2, 0) is 4.79 Å². The first kappa shape index (κ1) is 10.1. The average Bonchev–Trinajstić information content (AvgIpc) is 3.11. The number of hydrogen-bond acceptors (Lipinski definition) is 3. The first-order valence-electron chi connectivity index (χ1n) is 5.60. The molecule has 3 rings (SSSR count). The number of benzene rings is 1. The molecule has 2 aliphatic rings. The van der Waals surface area contributed by atoms with Crippen molar-refractivity contribution in [2.45, 2.75) is 18.9 Å². The Kier molecular flexibility index (Phi) is 2.24. The minimum absolute atomic E-state index is 0.0410. The van der Waals surface area contributed by atoms with Gasteiger partial charge in [-0.05, 0) is 25.0 Å². The SMILES string of the molecule is O=C1COc2c(cccc2C(=O)NC2CC2)N1. The molecule has 5 heteroatoms. The van der Waals surface area contributed by atoms with E-state index in [0.29, 0.717) is 23.0 Å². The number of rotatable bonds is 2. The van der Waals surface area contributed by atoms with Crippen molar-refractivity contribution < 1.29 is 14.3 Å². The fourth-order valence-corrected chi connectivity index (χ4v) is 1.78. The molecule has 1 aromatic carbocycles. The number of fused-ring (bicyclic) bond motifs is 1. The Morgan fingerprint density at radius 3 is 3.00 bits per heavy atom. The number of anilines is 1. The summed E-state index contributed by atoms with van der Waals surface area (Å²) in [6, 6.07) is 5.46. The van der Waals surface area contributed by atoms with E-state index in [1.165, 1.54) is 0 Å². The molecule has 0 bridgehead atoms. The van der Waals surface area contributed by atoms with E-state index in [1.807, 2.05) is 0 Å². The van der Waals surface area contributed by atoms with Crippen molar-refractivity contribution >= 4 is 17.5 Å². The lowest BCUT2D eigenvalue weighted by Gasteiger charge is -2.20. The third-order valence-electron chi connectivity index (χ3n) is 2.79. The zero-order valence-corrected chi connectivity index (χ0v) is 9.16. The summed E-state index contributed by atoms with van der Waals surface area (Å²) in [7, 11) is 0. The zero-order valence-electron chi connectivity index (χ0n) is 9.16. The Bertz CT molecular complexity index is 495. The molecule has 2 N–H and O–H groups in total. The Hall–Kier alpha value is -2.04. The van der Waals surface area contributed by atoms with Crippen LogP contribution in [0.1, 0.15) is 23.2 Å². The van der Waals surface area contributed by atoms with Gasteiger partial charge in [0.05, 0.1) is 11.3 Å². The lowest BCUT2D eigenvalue weighted by Crippen LogP contribution is -2.30. The highest BCUT2D eigenvalue weighted by Gasteiger charge is 2.27. The van der Waals surface area contributed by atoms with Gasteiger partial charge < -0.3 is 15.4 Å². The maximum Gasteiger partial charge on any atom is 0.262 e. The summed E-state index contributed by atoms with van der Waals surface area (Å²) in [6.07, 6.45) is 2.08. The number of hydrogen-bond donors (Lipinski definition) is 2. The van der Waals surface area contributed by atoms with Crippen LogP contribution in [0.5, 0.6) is 5.75 Å². The van der Waals surface area contributed by atoms with Crippen molar-refractivity contribution in [1.82, 2.24) is 5.32 Å². The van der Waals surface area contributed by atoms with E-state index in [9.17, 15) is 9.59 Å². The molecule has 17 heavy (non-hydrogen) atoms. The molecule has 0 saturated heterocycles. The molecule has 88 valence electrons. The monoisotopic (exact) mass is 232 g/mol. The number of ether oxygens (including phenoxy) is 1. The van der Waals surface area contributed by atoms with Crippen LogP contribution in [0.2, 0.25) is 0 Å². The van der Waals surface area contributed by atoms with Crippen LogP contribution >= 0.6 is 0 Å². The normalized spacial score (nSPS) is 17.8. The van der Waals surface area contributed by atoms with Gasteiger partial charge in [-0.15, -0.1) is 0 Å². The van der Waals surface area contributed by atoms with E-state index in [2.05, 4.69) is 10.6 Å². The number of amides is 2.